The van der Waals surface area contributed by atoms with Crippen molar-refractivity contribution in [2.24, 2.45) is 5.41 Å². The Bertz CT molecular complexity index is 4310. The zero-order chi connectivity index (χ0) is 58.5. The van der Waals surface area contributed by atoms with Gasteiger partial charge in [-0.3, -0.25) is 4.57 Å². The fourth-order valence-electron chi connectivity index (χ4n) is 9.59. The van der Waals surface area contributed by atoms with Gasteiger partial charge in [0, 0.05) is 72.1 Å². The Morgan fingerprint density at radius 3 is 1.85 bits per heavy atom. The molecule has 0 radical (unpaired) electrons. The molecule has 0 spiro atoms. The lowest BCUT2D eigenvalue weighted by atomic mass is 9.80. The van der Waals surface area contributed by atoms with E-state index in [4.69, 9.17) is 20.7 Å². The van der Waals surface area contributed by atoms with Gasteiger partial charge in [0.2, 0.25) is 11.4 Å². The Hall–Kier alpha value is -7.53. The zero-order valence-electron chi connectivity index (χ0n) is 52.6. The number of pyridine rings is 1. The number of ether oxygens (including phenoxy) is 1. The molecule has 7 aromatic carbocycles. The average molecular weight is 942 g/mol. The highest BCUT2D eigenvalue weighted by Gasteiger charge is 2.41. The second-order valence-corrected chi connectivity index (χ2v) is 22.8. The molecule has 0 saturated carbocycles. The number of rotatable bonds is 7. The van der Waals surface area contributed by atoms with Crippen molar-refractivity contribution < 1.29 is 18.4 Å². The monoisotopic (exact) mass is 942 g/mol. The lowest BCUT2D eigenvalue weighted by Crippen LogP contribution is -2.18. The molecular weight excluding hydrogens is 867 g/mol. The smallest absolute Gasteiger partial charge is 0.457 e. The van der Waals surface area contributed by atoms with Crippen LogP contribution < -0.4 is 13.9 Å². The molecule has 11 rings (SSSR count). The Labute approximate surface area is 432 Å². The maximum atomic E-state index is 9.63. The number of hydrogen-bond acceptors (Lipinski definition) is 2. The summed E-state index contributed by atoms with van der Waals surface area (Å²) in [6.07, 6.45) is 0.0574. The highest BCUT2D eigenvalue weighted by molar-refractivity contribution is 6.12. The van der Waals surface area contributed by atoms with Gasteiger partial charge in [0.25, 0.3) is 5.69 Å². The summed E-state index contributed by atoms with van der Waals surface area (Å²) >= 11 is 0. The van der Waals surface area contributed by atoms with Gasteiger partial charge in [-0.15, -0.1) is 0 Å². The molecule has 71 heavy (non-hydrogen) atoms. The minimum absolute atomic E-state index is 0.00948. The molecule has 0 bridgehead atoms. The summed E-state index contributed by atoms with van der Waals surface area (Å²) in [7, 11) is 0. The molecule has 0 amide bonds. The van der Waals surface area contributed by atoms with Gasteiger partial charge in [-0.1, -0.05) is 144 Å². The Morgan fingerprint density at radius 1 is 0.535 bits per heavy atom. The molecule has 0 N–H and O–H groups in total. The van der Waals surface area contributed by atoms with Crippen LogP contribution >= 0.6 is 0 Å². The molecule has 10 aromatic rings. The Morgan fingerprint density at radius 2 is 1.18 bits per heavy atom. The minimum Gasteiger partial charge on any atom is -0.457 e. The number of nitrogens with zero attached hydrogens (tertiary/aromatic N) is 5. The lowest BCUT2D eigenvalue weighted by Gasteiger charge is -2.25. The quantitative estimate of drug-likeness (QED) is 0.149. The van der Waals surface area contributed by atoms with Crippen molar-refractivity contribution in [3.63, 3.8) is 0 Å². The van der Waals surface area contributed by atoms with Crippen LogP contribution in [0.4, 0.5) is 22.7 Å². The van der Waals surface area contributed by atoms with Crippen molar-refractivity contribution in [3.05, 3.63) is 186 Å². The van der Waals surface area contributed by atoms with Crippen LogP contribution in [0.25, 0.3) is 55.1 Å². The maximum absolute atomic E-state index is 9.63. The van der Waals surface area contributed by atoms with E-state index >= 15 is 0 Å². The molecule has 0 fully saturated rings. The van der Waals surface area contributed by atoms with E-state index in [1.807, 2.05) is 109 Å². The average Bonchev–Trinajstić information content (AvgIpc) is 2.82. The molecular formula is C65H65N5O+2. The summed E-state index contributed by atoms with van der Waals surface area (Å²) in [6.45, 7) is 25.5. The van der Waals surface area contributed by atoms with Crippen molar-refractivity contribution in [3.8, 4) is 23.0 Å². The van der Waals surface area contributed by atoms with Crippen LogP contribution in [-0.2, 0) is 22.6 Å². The molecule has 0 unspecified atom stereocenters. The van der Waals surface area contributed by atoms with Crippen LogP contribution in [-0.4, -0.2) is 20.1 Å². The standard InChI is InChI=1S/C65H65N5O/c1-62(2,3)40-42-19-17-26-58-61(42)68(48-34-44(64(7,8)9)33-45(35-48)65(10,11)12)41-67(58)46-20-18-21-49(37-46)71-50-28-29-53-54-38-47(69-55-24-15-13-22-51(55)52-23-14-16-25-56(52)69)27-30-57(54)70(59(53)39-50)60-36-43(31-32-66-60)63(4,5)6/h13-39H,40H2,1-12H3/q+2/i13D,14D,15D,16D,22D,23D,24D,25D,40D2. The van der Waals surface area contributed by atoms with E-state index in [2.05, 4.69) is 97.2 Å². The Kier molecular flexibility index (Phi) is 8.28. The predicted molar refractivity (Wildman–Crippen MR) is 299 cm³/mol. The van der Waals surface area contributed by atoms with E-state index in [1.165, 1.54) is 4.57 Å². The fraction of sp³-hybridized carbons (Fsp3) is 0.262. The van der Waals surface area contributed by atoms with E-state index in [0.717, 1.165) is 55.6 Å². The van der Waals surface area contributed by atoms with Gasteiger partial charge in [0.1, 0.15) is 17.3 Å². The van der Waals surface area contributed by atoms with Crippen molar-refractivity contribution in [2.45, 2.75) is 106 Å². The van der Waals surface area contributed by atoms with Crippen LogP contribution in [0.1, 0.15) is 119 Å². The number of hydrogen-bond donors (Lipinski definition) is 0. The molecule has 3 aromatic heterocycles. The maximum Gasteiger partial charge on any atom is 0.503 e. The second-order valence-electron chi connectivity index (χ2n) is 22.8. The molecule has 1 aliphatic rings. The number of aromatic nitrogens is 3. The first kappa shape index (κ1) is 35.6. The van der Waals surface area contributed by atoms with Gasteiger partial charge < -0.3 is 9.30 Å². The Balaban J connectivity index is 1.10. The molecule has 0 saturated heterocycles. The molecule has 1 aliphatic heterocycles. The van der Waals surface area contributed by atoms with E-state index in [9.17, 15) is 2.74 Å². The van der Waals surface area contributed by atoms with Crippen molar-refractivity contribution in [1.29, 1.82) is 0 Å². The SMILES string of the molecule is [2H]c1c([2H])c([2H])c2c(c1[2H])c1c([2H])c([2H])c([2H])c([2H])c1n2-c1ccc2c(c1)c1ccc(Oc3cccc([N+]4=C=[N+](c5cc(C(C)(C)C)cc(C(C)(C)C)c5)c5c4cccc5C([2H])([2H])C(C)(C)C)c3)cc1n2-c1cc(C(C)(C)C)ccn1. The first-order valence-electron chi connectivity index (χ1n) is 29.3. The topological polar surface area (TPSA) is 38.0 Å². The predicted octanol–water partition coefficient (Wildman–Crippen LogP) is 17.4. The van der Waals surface area contributed by atoms with Crippen molar-refractivity contribution >= 4 is 72.4 Å². The third-order valence-corrected chi connectivity index (χ3v) is 13.3. The highest BCUT2D eigenvalue weighted by Crippen LogP contribution is 2.44. The van der Waals surface area contributed by atoms with Gasteiger partial charge in [-0.2, -0.15) is 0 Å². The van der Waals surface area contributed by atoms with Crippen LogP contribution in [0.2, 0.25) is 0 Å². The van der Waals surface area contributed by atoms with Gasteiger partial charge in [-0.25, -0.2) is 4.98 Å². The van der Waals surface area contributed by atoms with Crippen LogP contribution in [0, 0.1) is 5.41 Å². The second kappa shape index (κ2) is 16.5. The third kappa shape index (κ3) is 8.34. The summed E-state index contributed by atoms with van der Waals surface area (Å²) in [6, 6.07) is 35.9. The van der Waals surface area contributed by atoms with E-state index in [-0.39, 0.29) is 50.1 Å². The number of fused-ring (bicyclic) bond motifs is 7. The third-order valence-electron chi connectivity index (χ3n) is 13.3. The largest absolute Gasteiger partial charge is 0.503 e. The molecule has 0 aliphatic carbocycles. The van der Waals surface area contributed by atoms with Crippen molar-refractivity contribution in [2.75, 3.05) is 0 Å². The van der Waals surface area contributed by atoms with Crippen LogP contribution in [0.15, 0.2) is 164 Å². The first-order chi connectivity index (χ1) is 37.8. The van der Waals surface area contributed by atoms with Gasteiger partial charge in [0.15, 0.2) is 0 Å². The number of benzene rings is 7. The summed E-state index contributed by atoms with van der Waals surface area (Å²) in [5.41, 5.74) is 7.78. The van der Waals surface area contributed by atoms with Gasteiger partial charge in [-0.05, 0) is 114 Å². The van der Waals surface area contributed by atoms with Crippen LogP contribution in [0.3, 0.4) is 0 Å². The first-order valence-corrected chi connectivity index (χ1v) is 24.3. The number of para-hydroxylation sites is 3. The normalized spacial score (nSPS) is 15.5. The molecule has 0 atom stereocenters. The lowest BCUT2D eigenvalue weighted by molar-refractivity contribution is 0.411. The van der Waals surface area contributed by atoms with Crippen LogP contribution in [0.5, 0.6) is 11.5 Å². The molecule has 6 nitrogen and oxygen atoms in total. The molecule has 6 heteroatoms. The van der Waals surface area contributed by atoms with E-state index in [0.29, 0.717) is 34.3 Å². The minimum atomic E-state index is -1.74. The molecule has 354 valence electrons. The van der Waals surface area contributed by atoms with E-state index < -0.39 is 48.0 Å². The highest BCUT2D eigenvalue weighted by atomic mass is 16.5. The van der Waals surface area contributed by atoms with Gasteiger partial charge >= 0.3 is 11.7 Å². The molecule has 4 heterocycles. The zero-order valence-corrected chi connectivity index (χ0v) is 42.6. The summed E-state index contributed by atoms with van der Waals surface area (Å²) in [5, 5.41) is 1.57. The summed E-state index contributed by atoms with van der Waals surface area (Å²) < 4.78 is 105. The van der Waals surface area contributed by atoms with Gasteiger partial charge in [0.05, 0.1) is 39.1 Å². The van der Waals surface area contributed by atoms with Crippen molar-refractivity contribution in [1.82, 2.24) is 23.3 Å². The van der Waals surface area contributed by atoms with E-state index in [1.54, 1.807) is 12.3 Å². The summed E-state index contributed by atoms with van der Waals surface area (Å²) in [5.74, 6) is 1.71. The summed E-state index contributed by atoms with van der Waals surface area (Å²) in [4.78, 5) is 4.92. The fourth-order valence-corrected chi connectivity index (χ4v) is 9.59.